The Kier molecular flexibility index (Phi) is 8.28. The van der Waals surface area contributed by atoms with Gasteiger partial charge in [-0.05, 0) is 97.6 Å². The van der Waals surface area contributed by atoms with E-state index in [2.05, 4.69) is 254 Å². The van der Waals surface area contributed by atoms with E-state index < -0.39 is 10.8 Å². The van der Waals surface area contributed by atoms with Crippen LogP contribution in [0, 0.1) is 0 Å². The van der Waals surface area contributed by atoms with Crippen LogP contribution in [0.1, 0.15) is 44.5 Å². The van der Waals surface area contributed by atoms with Gasteiger partial charge in [0.2, 0.25) is 0 Å². The van der Waals surface area contributed by atoms with Crippen molar-refractivity contribution in [2.75, 3.05) is 4.90 Å². The van der Waals surface area contributed by atoms with E-state index in [0.29, 0.717) is 0 Å². The first kappa shape index (κ1) is 36.8. The van der Waals surface area contributed by atoms with E-state index in [-0.39, 0.29) is 0 Å². The number of hydrogen-bond acceptors (Lipinski definition) is 2. The standard InChI is InChI=1S/C62H41NS/c1-5-21-42(22-6-1)61(43-23-7-2-8-24-43)52-33-17-14-30-49(52)59-53(61)34-19-35-55(59)63(56-36-20-38-58-60(56)50-31-15-18-37-57(50)64-58)46-39-40-48-47-29-13-16-32-51(47)62(54(48)41-46,44-25-9-3-10-26-44)45-27-11-4-12-28-45/h1-41H. The Morgan fingerprint density at radius 3 is 1.41 bits per heavy atom. The number of rotatable bonds is 7. The number of hydrogen-bond donors (Lipinski definition) is 0. The first-order valence-corrected chi connectivity index (χ1v) is 23.0. The van der Waals surface area contributed by atoms with Crippen LogP contribution in [-0.4, -0.2) is 0 Å². The molecule has 64 heavy (non-hydrogen) atoms. The minimum Gasteiger partial charge on any atom is -0.309 e. The monoisotopic (exact) mass is 831 g/mol. The van der Waals surface area contributed by atoms with Crippen LogP contribution in [0.2, 0.25) is 0 Å². The number of anilines is 3. The maximum absolute atomic E-state index is 2.59. The molecule has 1 aromatic heterocycles. The SMILES string of the molecule is c1ccc(C2(c3ccccc3)c3ccccc3-c3ccc(N(c4cccc5c4-c4ccccc4C5(c4ccccc4)c4ccccc4)c4cccc5sc6ccccc6c45)cc32)cc1. The van der Waals surface area contributed by atoms with E-state index in [9.17, 15) is 0 Å². The Balaban J connectivity index is 1.16. The van der Waals surface area contributed by atoms with Gasteiger partial charge >= 0.3 is 0 Å². The van der Waals surface area contributed by atoms with Crippen LogP contribution in [0.15, 0.2) is 249 Å². The second-order valence-electron chi connectivity index (χ2n) is 17.1. The molecule has 11 aromatic rings. The van der Waals surface area contributed by atoms with Crippen LogP contribution in [0.3, 0.4) is 0 Å². The minimum atomic E-state index is -0.543. The number of fused-ring (bicyclic) bond motifs is 9. The van der Waals surface area contributed by atoms with Crippen LogP contribution in [-0.2, 0) is 10.8 Å². The van der Waals surface area contributed by atoms with Gasteiger partial charge in [0.15, 0.2) is 0 Å². The average molecular weight is 832 g/mol. The molecule has 0 atom stereocenters. The predicted octanol–water partition coefficient (Wildman–Crippen LogP) is 16.3. The molecule has 0 saturated heterocycles. The summed E-state index contributed by atoms with van der Waals surface area (Å²) in [6, 6.07) is 92.8. The summed E-state index contributed by atoms with van der Waals surface area (Å²) >= 11 is 1.87. The molecule has 0 saturated carbocycles. The summed E-state index contributed by atoms with van der Waals surface area (Å²) in [5.74, 6) is 0. The van der Waals surface area contributed by atoms with Crippen molar-refractivity contribution in [3.05, 3.63) is 293 Å². The maximum atomic E-state index is 2.59. The van der Waals surface area contributed by atoms with Gasteiger partial charge in [-0.25, -0.2) is 0 Å². The molecule has 2 aliphatic carbocycles. The molecule has 300 valence electrons. The average Bonchev–Trinajstić information content (AvgIpc) is 4.01. The molecule has 1 nitrogen and oxygen atoms in total. The highest BCUT2D eigenvalue weighted by Gasteiger charge is 2.49. The molecule has 10 aromatic carbocycles. The zero-order chi connectivity index (χ0) is 42.2. The van der Waals surface area contributed by atoms with Crippen LogP contribution in [0.25, 0.3) is 42.4 Å². The van der Waals surface area contributed by atoms with Gasteiger partial charge in [-0.15, -0.1) is 11.3 Å². The van der Waals surface area contributed by atoms with Gasteiger partial charge in [0.05, 0.1) is 22.2 Å². The first-order chi connectivity index (χ1) is 31.8. The van der Waals surface area contributed by atoms with E-state index in [4.69, 9.17) is 0 Å². The van der Waals surface area contributed by atoms with Gasteiger partial charge in [0, 0.05) is 31.4 Å². The third kappa shape index (κ3) is 5.06. The summed E-state index contributed by atoms with van der Waals surface area (Å²) in [5.41, 5.74) is 17.6. The van der Waals surface area contributed by atoms with Crippen molar-refractivity contribution in [1.82, 2.24) is 0 Å². The zero-order valence-electron chi connectivity index (χ0n) is 35.0. The summed E-state index contributed by atoms with van der Waals surface area (Å²) < 4.78 is 2.56. The van der Waals surface area contributed by atoms with Gasteiger partial charge < -0.3 is 4.90 Å². The lowest BCUT2D eigenvalue weighted by molar-refractivity contribution is 0.768. The van der Waals surface area contributed by atoms with Crippen LogP contribution < -0.4 is 4.90 Å². The van der Waals surface area contributed by atoms with Gasteiger partial charge in [-0.1, -0.05) is 212 Å². The molecule has 1 heterocycles. The molecule has 0 bridgehead atoms. The van der Waals surface area contributed by atoms with Gasteiger partial charge in [0.25, 0.3) is 0 Å². The molecule has 0 unspecified atom stereocenters. The van der Waals surface area contributed by atoms with Crippen LogP contribution in [0.5, 0.6) is 0 Å². The topological polar surface area (TPSA) is 3.24 Å². The lowest BCUT2D eigenvalue weighted by Gasteiger charge is -2.36. The van der Waals surface area contributed by atoms with Gasteiger partial charge in [-0.3, -0.25) is 0 Å². The molecule has 0 aliphatic heterocycles. The largest absolute Gasteiger partial charge is 0.309 e. The zero-order valence-corrected chi connectivity index (χ0v) is 35.8. The molecule has 0 amide bonds. The molecule has 2 heteroatoms. The predicted molar refractivity (Wildman–Crippen MR) is 269 cm³/mol. The highest BCUT2D eigenvalue weighted by molar-refractivity contribution is 7.26. The number of benzene rings is 10. The molecule has 2 aliphatic rings. The van der Waals surface area contributed by atoms with Crippen molar-refractivity contribution in [3.63, 3.8) is 0 Å². The Bertz CT molecular complexity index is 3470. The second-order valence-corrected chi connectivity index (χ2v) is 18.2. The van der Waals surface area contributed by atoms with Crippen LogP contribution in [0.4, 0.5) is 17.1 Å². The van der Waals surface area contributed by atoms with E-state index in [1.165, 1.54) is 92.6 Å². The molecule has 0 radical (unpaired) electrons. The Morgan fingerprint density at radius 1 is 0.312 bits per heavy atom. The highest BCUT2D eigenvalue weighted by atomic mass is 32.1. The quantitative estimate of drug-likeness (QED) is 0.155. The third-order valence-corrected chi connectivity index (χ3v) is 15.2. The Labute approximate surface area is 377 Å². The fourth-order valence-electron chi connectivity index (χ4n) is 11.6. The summed E-state index contributed by atoms with van der Waals surface area (Å²) in [6.45, 7) is 0. The summed E-state index contributed by atoms with van der Waals surface area (Å²) in [6.07, 6.45) is 0. The summed E-state index contributed by atoms with van der Waals surface area (Å²) in [5, 5.41) is 2.54. The number of thiophene rings is 1. The molecular weight excluding hydrogens is 791 g/mol. The lowest BCUT2D eigenvalue weighted by atomic mass is 9.67. The third-order valence-electron chi connectivity index (χ3n) is 14.0. The van der Waals surface area contributed by atoms with E-state index in [0.717, 1.165) is 11.4 Å². The van der Waals surface area contributed by atoms with Gasteiger partial charge in [-0.2, -0.15) is 0 Å². The molecular formula is C62H41NS. The summed E-state index contributed by atoms with van der Waals surface area (Å²) in [7, 11) is 0. The maximum Gasteiger partial charge on any atom is 0.0714 e. The van der Waals surface area contributed by atoms with E-state index in [1.807, 2.05) is 11.3 Å². The number of nitrogens with zero attached hydrogens (tertiary/aromatic N) is 1. The lowest BCUT2D eigenvalue weighted by Crippen LogP contribution is -2.29. The van der Waals surface area contributed by atoms with Gasteiger partial charge in [0.1, 0.15) is 0 Å². The van der Waals surface area contributed by atoms with Crippen molar-refractivity contribution in [3.8, 4) is 22.3 Å². The van der Waals surface area contributed by atoms with Crippen molar-refractivity contribution >= 4 is 48.6 Å². The Morgan fingerprint density at radius 2 is 0.766 bits per heavy atom. The molecule has 0 spiro atoms. The van der Waals surface area contributed by atoms with Crippen molar-refractivity contribution in [2.24, 2.45) is 0 Å². The second kappa shape index (κ2) is 14.4. The highest BCUT2D eigenvalue weighted by Crippen LogP contribution is 2.61. The van der Waals surface area contributed by atoms with Crippen molar-refractivity contribution in [2.45, 2.75) is 10.8 Å². The minimum absolute atomic E-state index is 0.535. The normalized spacial score (nSPS) is 13.9. The molecule has 13 rings (SSSR count). The molecule has 0 N–H and O–H groups in total. The fourth-order valence-corrected chi connectivity index (χ4v) is 12.7. The Hall–Kier alpha value is -7.78. The fraction of sp³-hybridized carbons (Fsp3) is 0.0323. The van der Waals surface area contributed by atoms with E-state index >= 15 is 0 Å². The summed E-state index contributed by atoms with van der Waals surface area (Å²) in [4.78, 5) is 2.59. The van der Waals surface area contributed by atoms with Crippen molar-refractivity contribution in [1.29, 1.82) is 0 Å². The van der Waals surface area contributed by atoms with Crippen molar-refractivity contribution < 1.29 is 0 Å². The smallest absolute Gasteiger partial charge is 0.0714 e. The molecule has 0 fully saturated rings. The van der Waals surface area contributed by atoms with E-state index in [1.54, 1.807) is 0 Å². The van der Waals surface area contributed by atoms with Crippen LogP contribution >= 0.6 is 11.3 Å². The first-order valence-electron chi connectivity index (χ1n) is 22.2.